The van der Waals surface area contributed by atoms with Gasteiger partial charge in [-0.05, 0) is 23.8 Å². The van der Waals surface area contributed by atoms with Crippen molar-refractivity contribution in [2.24, 2.45) is 0 Å². The molecule has 0 amide bonds. The van der Waals surface area contributed by atoms with E-state index in [0.717, 1.165) is 0 Å². The lowest BCUT2D eigenvalue weighted by Crippen LogP contribution is -2.08. The zero-order valence-corrected chi connectivity index (χ0v) is 9.56. The predicted octanol–water partition coefficient (Wildman–Crippen LogP) is 1.59. The number of hydrogen-bond donors (Lipinski definition) is 0. The van der Waals surface area contributed by atoms with E-state index in [1.807, 2.05) is 0 Å². The minimum Gasteiger partial charge on any atom is -0.227 e. The highest BCUT2D eigenvalue weighted by Gasteiger charge is 2.17. The van der Waals surface area contributed by atoms with E-state index in [-0.39, 0.29) is 10.9 Å². The van der Waals surface area contributed by atoms with Gasteiger partial charge in [0.05, 0.1) is 5.75 Å². The van der Waals surface area contributed by atoms with E-state index < -0.39 is 15.7 Å². The number of hydrogen-bond acceptors (Lipinski definition) is 4. The van der Waals surface area contributed by atoms with Gasteiger partial charge < -0.3 is 0 Å². The van der Waals surface area contributed by atoms with Crippen LogP contribution in [0.3, 0.4) is 0 Å². The smallest absolute Gasteiger partial charge is 0.227 e. The molecule has 0 bridgehead atoms. The molecule has 0 aliphatic heterocycles. The van der Waals surface area contributed by atoms with E-state index in [1.165, 1.54) is 42.7 Å². The lowest BCUT2D eigenvalue weighted by molar-refractivity contribution is 0.585. The maximum atomic E-state index is 12.7. The molecule has 4 nitrogen and oxygen atoms in total. The number of aromatic nitrogens is 2. The van der Waals surface area contributed by atoms with E-state index >= 15 is 0 Å². The first-order valence-electron chi connectivity index (χ1n) is 4.82. The van der Waals surface area contributed by atoms with Crippen LogP contribution in [0.25, 0.3) is 0 Å². The molecule has 1 aromatic carbocycles. The first kappa shape index (κ1) is 11.7. The monoisotopic (exact) mass is 252 g/mol. The Hall–Kier alpha value is -1.82. The molecule has 1 aromatic heterocycles. The van der Waals surface area contributed by atoms with Crippen LogP contribution in [0.15, 0.2) is 47.9 Å². The number of sulfone groups is 1. The number of halogens is 1. The van der Waals surface area contributed by atoms with E-state index in [9.17, 15) is 12.8 Å². The van der Waals surface area contributed by atoms with Crippen LogP contribution in [0.1, 0.15) is 5.56 Å². The highest BCUT2D eigenvalue weighted by molar-refractivity contribution is 7.90. The molecule has 0 radical (unpaired) electrons. The molecule has 0 saturated carbocycles. The molecule has 0 N–H and O–H groups in total. The fraction of sp³-hybridized carbons (Fsp3) is 0.0909. The topological polar surface area (TPSA) is 59.9 Å². The molecule has 88 valence electrons. The van der Waals surface area contributed by atoms with Crippen LogP contribution in [0.2, 0.25) is 0 Å². The molecule has 0 atom stereocenters. The van der Waals surface area contributed by atoms with Crippen LogP contribution >= 0.6 is 0 Å². The van der Waals surface area contributed by atoms with Crippen molar-refractivity contribution in [2.45, 2.75) is 10.9 Å². The second-order valence-electron chi connectivity index (χ2n) is 3.42. The lowest BCUT2D eigenvalue weighted by Gasteiger charge is -2.02. The molecule has 6 heteroatoms. The molecule has 2 rings (SSSR count). The largest absolute Gasteiger partial charge is 0.247 e. The number of nitrogens with zero attached hydrogens (tertiary/aromatic N) is 2. The summed E-state index contributed by atoms with van der Waals surface area (Å²) in [5, 5.41) is -0.218. The number of benzene rings is 1. The molecule has 0 fully saturated rings. The maximum absolute atomic E-state index is 12.7. The van der Waals surface area contributed by atoms with Crippen LogP contribution in [-0.4, -0.2) is 18.4 Å². The van der Waals surface area contributed by atoms with Gasteiger partial charge in [-0.15, -0.1) is 0 Å². The Labute approximate surface area is 98.1 Å². The van der Waals surface area contributed by atoms with E-state index in [1.54, 1.807) is 0 Å². The summed E-state index contributed by atoms with van der Waals surface area (Å²) in [4.78, 5) is 7.38. The Morgan fingerprint density at radius 1 is 1.06 bits per heavy atom. The summed E-state index contributed by atoms with van der Waals surface area (Å²) < 4.78 is 36.4. The second-order valence-corrected chi connectivity index (χ2v) is 5.30. The van der Waals surface area contributed by atoms with Gasteiger partial charge in [-0.2, -0.15) is 0 Å². The molecule has 0 spiro atoms. The van der Waals surface area contributed by atoms with Crippen molar-refractivity contribution in [3.8, 4) is 0 Å². The van der Waals surface area contributed by atoms with Crippen molar-refractivity contribution in [2.75, 3.05) is 0 Å². The summed E-state index contributed by atoms with van der Waals surface area (Å²) in [6.07, 6.45) is 2.73. The molecule has 17 heavy (non-hydrogen) atoms. The third-order valence-corrected chi connectivity index (χ3v) is 3.57. The molecule has 0 aliphatic carbocycles. The van der Waals surface area contributed by atoms with Crippen LogP contribution in [0.5, 0.6) is 0 Å². The molecule has 0 aliphatic rings. The molecule has 2 aromatic rings. The van der Waals surface area contributed by atoms with Gasteiger partial charge in [-0.3, -0.25) is 0 Å². The SMILES string of the molecule is O=S(=O)(Cc1ccc(F)cc1)c1ncccn1. The fourth-order valence-corrected chi connectivity index (χ4v) is 2.51. The summed E-state index contributed by atoms with van der Waals surface area (Å²) in [6, 6.07) is 6.83. The van der Waals surface area contributed by atoms with Gasteiger partial charge in [-0.1, -0.05) is 12.1 Å². The van der Waals surface area contributed by atoms with Crippen molar-refractivity contribution >= 4 is 9.84 Å². The fourth-order valence-electron chi connectivity index (χ4n) is 1.31. The third-order valence-electron chi connectivity index (χ3n) is 2.09. The van der Waals surface area contributed by atoms with Crippen molar-refractivity contribution in [3.63, 3.8) is 0 Å². The number of rotatable bonds is 3. The predicted molar refractivity (Wildman–Crippen MR) is 59.3 cm³/mol. The van der Waals surface area contributed by atoms with Gasteiger partial charge >= 0.3 is 0 Å². The Kier molecular flexibility index (Phi) is 3.14. The minimum atomic E-state index is -3.57. The molecule has 0 unspecified atom stereocenters. The summed E-state index contributed by atoms with van der Waals surface area (Å²) in [5.41, 5.74) is 0.499. The zero-order chi connectivity index (χ0) is 12.3. The second kappa shape index (κ2) is 4.58. The summed E-state index contributed by atoms with van der Waals surface area (Å²) in [5.74, 6) is -0.640. The van der Waals surface area contributed by atoms with Gasteiger partial charge in [0.25, 0.3) is 0 Å². The Balaban J connectivity index is 2.27. The van der Waals surface area contributed by atoms with Gasteiger partial charge in [-0.25, -0.2) is 22.8 Å². The highest BCUT2D eigenvalue weighted by atomic mass is 32.2. The Morgan fingerprint density at radius 2 is 1.65 bits per heavy atom. The molecule has 0 saturated heterocycles. The van der Waals surface area contributed by atoms with Gasteiger partial charge in [0.1, 0.15) is 5.82 Å². The van der Waals surface area contributed by atoms with E-state index in [2.05, 4.69) is 9.97 Å². The van der Waals surface area contributed by atoms with Crippen molar-refractivity contribution in [3.05, 3.63) is 54.1 Å². The van der Waals surface area contributed by atoms with E-state index in [0.29, 0.717) is 5.56 Å². The van der Waals surface area contributed by atoms with Crippen LogP contribution in [0, 0.1) is 5.82 Å². The average Bonchev–Trinajstić information content (AvgIpc) is 2.33. The summed E-state index contributed by atoms with van der Waals surface area (Å²) >= 11 is 0. The standard InChI is InChI=1S/C11H9FN2O2S/c12-10-4-2-9(3-5-10)8-17(15,16)11-13-6-1-7-14-11/h1-7H,8H2. The maximum Gasteiger partial charge on any atom is 0.247 e. The van der Waals surface area contributed by atoms with E-state index in [4.69, 9.17) is 0 Å². The quantitative estimate of drug-likeness (QED) is 0.778. The van der Waals surface area contributed by atoms with Gasteiger partial charge in [0, 0.05) is 12.4 Å². The van der Waals surface area contributed by atoms with Gasteiger partial charge in [0.2, 0.25) is 15.0 Å². The van der Waals surface area contributed by atoms with Crippen LogP contribution in [-0.2, 0) is 15.6 Å². The normalized spacial score (nSPS) is 11.4. The third kappa shape index (κ3) is 2.85. The summed E-state index contributed by atoms with van der Waals surface area (Å²) in [6.45, 7) is 0. The van der Waals surface area contributed by atoms with Crippen LogP contribution in [0.4, 0.5) is 4.39 Å². The first-order valence-corrected chi connectivity index (χ1v) is 6.47. The van der Waals surface area contributed by atoms with Crippen molar-refractivity contribution < 1.29 is 12.8 Å². The Morgan fingerprint density at radius 3 is 2.24 bits per heavy atom. The molecular weight excluding hydrogens is 243 g/mol. The zero-order valence-electron chi connectivity index (χ0n) is 8.75. The molecule has 1 heterocycles. The summed E-state index contributed by atoms with van der Waals surface area (Å²) in [7, 11) is -3.57. The first-order chi connectivity index (χ1) is 8.08. The highest BCUT2D eigenvalue weighted by Crippen LogP contribution is 2.12. The van der Waals surface area contributed by atoms with Crippen molar-refractivity contribution in [1.82, 2.24) is 9.97 Å². The average molecular weight is 252 g/mol. The van der Waals surface area contributed by atoms with Crippen molar-refractivity contribution in [1.29, 1.82) is 0 Å². The molecular formula is C11H9FN2O2S. The lowest BCUT2D eigenvalue weighted by atomic mass is 10.2. The minimum absolute atomic E-state index is 0.218. The van der Waals surface area contributed by atoms with Gasteiger partial charge in [0.15, 0.2) is 0 Å². The Bertz CT molecular complexity index is 597. The van der Waals surface area contributed by atoms with Crippen LogP contribution < -0.4 is 0 Å².